The number of rotatable bonds is 11. The Morgan fingerprint density at radius 3 is 2.20 bits per heavy atom. The monoisotopic (exact) mass is 501 g/mol. The number of aryl methyl sites for hydroxylation is 3. The summed E-state index contributed by atoms with van der Waals surface area (Å²) in [6.45, 7) is 11.2. The Kier molecular flexibility index (Phi) is 9.89. The van der Waals surface area contributed by atoms with Crippen molar-refractivity contribution in [2.24, 2.45) is 0 Å². The van der Waals surface area contributed by atoms with Crippen LogP contribution in [-0.2, 0) is 26.2 Å². The van der Waals surface area contributed by atoms with E-state index >= 15 is 0 Å². The molecule has 192 valence electrons. The number of carbonyl (C=O) groups excluding carboxylic acids is 2. The van der Waals surface area contributed by atoms with Crippen LogP contribution in [-0.4, -0.2) is 50.0 Å². The van der Waals surface area contributed by atoms with Gasteiger partial charge >= 0.3 is 0 Å². The number of nitrogens with zero attached hydrogens (tertiary/aromatic N) is 2. The van der Waals surface area contributed by atoms with E-state index < -0.39 is 22.0 Å². The van der Waals surface area contributed by atoms with Gasteiger partial charge in [0.25, 0.3) is 0 Å². The second-order valence-electron chi connectivity index (χ2n) is 9.31. The molecule has 0 radical (unpaired) electrons. The van der Waals surface area contributed by atoms with E-state index in [1.54, 1.807) is 6.07 Å². The Balaban J connectivity index is 2.49. The molecule has 0 saturated heterocycles. The predicted octanol–water partition coefficient (Wildman–Crippen LogP) is 4.10. The summed E-state index contributed by atoms with van der Waals surface area (Å²) in [5.74, 6) is -0.663. The van der Waals surface area contributed by atoms with E-state index in [1.165, 1.54) is 4.90 Å². The molecule has 0 aliphatic rings. The van der Waals surface area contributed by atoms with Crippen LogP contribution in [0, 0.1) is 20.8 Å². The molecule has 8 heteroatoms. The number of amides is 2. The molecule has 0 spiro atoms. The molecule has 35 heavy (non-hydrogen) atoms. The number of hydrogen-bond donors (Lipinski definition) is 1. The quantitative estimate of drug-likeness (QED) is 0.502. The molecule has 2 aromatic rings. The summed E-state index contributed by atoms with van der Waals surface area (Å²) in [6, 6.07) is 12.5. The maximum absolute atomic E-state index is 13.8. The molecule has 0 aliphatic carbocycles. The van der Waals surface area contributed by atoms with Crippen LogP contribution in [0.5, 0.6) is 0 Å². The predicted molar refractivity (Wildman–Crippen MR) is 142 cm³/mol. The molecule has 2 atom stereocenters. The van der Waals surface area contributed by atoms with Crippen molar-refractivity contribution in [1.82, 2.24) is 10.2 Å². The molecule has 0 bridgehead atoms. The van der Waals surface area contributed by atoms with Gasteiger partial charge in [-0.15, -0.1) is 0 Å². The number of anilines is 1. The van der Waals surface area contributed by atoms with Crippen molar-refractivity contribution < 1.29 is 18.0 Å². The summed E-state index contributed by atoms with van der Waals surface area (Å²) < 4.78 is 26.7. The molecule has 2 aromatic carbocycles. The zero-order valence-corrected chi connectivity index (χ0v) is 22.8. The van der Waals surface area contributed by atoms with Gasteiger partial charge in [0.1, 0.15) is 12.6 Å². The minimum atomic E-state index is -3.76. The lowest BCUT2D eigenvalue weighted by molar-refractivity contribution is -0.140. The minimum absolute atomic E-state index is 0.0325. The molecule has 1 N–H and O–H groups in total. The lowest BCUT2D eigenvalue weighted by atomic mass is 10.1. The number of hydrogen-bond acceptors (Lipinski definition) is 4. The molecule has 2 amide bonds. The Morgan fingerprint density at radius 1 is 0.971 bits per heavy atom. The van der Waals surface area contributed by atoms with E-state index in [0.717, 1.165) is 39.2 Å². The number of nitrogens with one attached hydrogen (secondary N) is 1. The van der Waals surface area contributed by atoms with E-state index in [-0.39, 0.29) is 25.0 Å². The summed E-state index contributed by atoms with van der Waals surface area (Å²) in [7, 11) is -3.76. The van der Waals surface area contributed by atoms with Crippen molar-refractivity contribution in [1.29, 1.82) is 0 Å². The highest BCUT2D eigenvalue weighted by molar-refractivity contribution is 7.92. The van der Waals surface area contributed by atoms with Crippen molar-refractivity contribution in [3.05, 3.63) is 64.7 Å². The van der Waals surface area contributed by atoms with Crippen LogP contribution in [0.3, 0.4) is 0 Å². The number of carbonyl (C=O) groups is 2. The van der Waals surface area contributed by atoms with Crippen molar-refractivity contribution >= 4 is 27.5 Å². The van der Waals surface area contributed by atoms with Gasteiger partial charge in [0.05, 0.1) is 11.9 Å². The van der Waals surface area contributed by atoms with Crippen LogP contribution in [0.15, 0.2) is 42.5 Å². The maximum atomic E-state index is 13.8. The molecular weight excluding hydrogens is 462 g/mol. The van der Waals surface area contributed by atoms with Gasteiger partial charge in [-0.2, -0.15) is 0 Å². The molecule has 0 aliphatic heterocycles. The topological polar surface area (TPSA) is 86.8 Å². The first-order valence-electron chi connectivity index (χ1n) is 12.1. The average molecular weight is 502 g/mol. The summed E-state index contributed by atoms with van der Waals surface area (Å²) in [4.78, 5) is 28.4. The Bertz CT molecular complexity index is 1150. The first kappa shape index (κ1) is 28.4. The third-order valence-electron chi connectivity index (χ3n) is 6.13. The normalized spacial score (nSPS) is 13.1. The second-order valence-corrected chi connectivity index (χ2v) is 11.2. The Morgan fingerprint density at radius 2 is 1.63 bits per heavy atom. The van der Waals surface area contributed by atoms with E-state index in [0.29, 0.717) is 12.1 Å². The molecule has 0 unspecified atom stereocenters. The van der Waals surface area contributed by atoms with Gasteiger partial charge in [0.15, 0.2) is 0 Å². The van der Waals surface area contributed by atoms with Gasteiger partial charge in [0, 0.05) is 12.6 Å². The third kappa shape index (κ3) is 7.82. The fourth-order valence-corrected chi connectivity index (χ4v) is 4.85. The lowest BCUT2D eigenvalue weighted by Crippen LogP contribution is -2.53. The van der Waals surface area contributed by atoms with Crippen LogP contribution >= 0.6 is 0 Å². The van der Waals surface area contributed by atoms with Crippen molar-refractivity contribution in [2.75, 3.05) is 17.1 Å². The fourth-order valence-electron chi connectivity index (χ4n) is 3.95. The maximum Gasteiger partial charge on any atom is 0.244 e. The van der Waals surface area contributed by atoms with Crippen LogP contribution < -0.4 is 9.62 Å². The molecule has 0 fully saturated rings. The highest BCUT2D eigenvalue weighted by atomic mass is 32.2. The molecule has 0 aromatic heterocycles. The second kappa shape index (κ2) is 12.2. The van der Waals surface area contributed by atoms with Crippen LogP contribution in [0.4, 0.5) is 5.69 Å². The highest BCUT2D eigenvalue weighted by Gasteiger charge is 2.32. The van der Waals surface area contributed by atoms with E-state index in [2.05, 4.69) is 5.32 Å². The lowest BCUT2D eigenvalue weighted by Gasteiger charge is -2.33. The Hall–Kier alpha value is -2.87. The molecule has 0 saturated carbocycles. The summed E-state index contributed by atoms with van der Waals surface area (Å²) in [5, 5.41) is 2.98. The highest BCUT2D eigenvalue weighted by Crippen LogP contribution is 2.25. The summed E-state index contributed by atoms with van der Waals surface area (Å²) in [5.41, 5.74) is 4.03. The number of benzene rings is 2. The van der Waals surface area contributed by atoms with Gasteiger partial charge in [0.2, 0.25) is 21.8 Å². The first-order chi connectivity index (χ1) is 16.4. The van der Waals surface area contributed by atoms with Gasteiger partial charge in [-0.1, -0.05) is 55.8 Å². The first-order valence-corrected chi connectivity index (χ1v) is 13.9. The van der Waals surface area contributed by atoms with Crippen LogP contribution in [0.25, 0.3) is 0 Å². The molecular formula is C27H39N3O4S. The standard InChI is InChI=1S/C27H39N3O4S/c1-8-22(6)28-27(32)24(9-2)29(17-23-12-10-11-19(3)15-23)26(31)18-30(35(7,33)34)25-16-20(4)13-14-21(25)5/h10-16,22,24H,8-9,17-18H2,1-7H3,(H,28,32)/t22-,24+/m1/s1. The smallest absolute Gasteiger partial charge is 0.244 e. The van der Waals surface area contributed by atoms with Crippen molar-refractivity contribution in [2.45, 2.75) is 73.0 Å². The van der Waals surface area contributed by atoms with Crippen molar-refractivity contribution in [3.8, 4) is 0 Å². The third-order valence-corrected chi connectivity index (χ3v) is 7.26. The number of sulfonamides is 1. The zero-order valence-electron chi connectivity index (χ0n) is 22.0. The molecule has 7 nitrogen and oxygen atoms in total. The summed E-state index contributed by atoms with van der Waals surface area (Å²) >= 11 is 0. The van der Waals surface area contributed by atoms with Crippen LogP contribution in [0.1, 0.15) is 55.9 Å². The molecule has 2 rings (SSSR count). The van der Waals surface area contributed by atoms with E-state index in [9.17, 15) is 18.0 Å². The van der Waals surface area contributed by atoms with Gasteiger partial charge in [-0.05, 0) is 63.3 Å². The fraction of sp³-hybridized carbons (Fsp3) is 0.481. The minimum Gasteiger partial charge on any atom is -0.352 e. The van der Waals surface area contributed by atoms with Crippen LogP contribution in [0.2, 0.25) is 0 Å². The van der Waals surface area contributed by atoms with Gasteiger partial charge < -0.3 is 10.2 Å². The zero-order chi connectivity index (χ0) is 26.3. The van der Waals surface area contributed by atoms with Gasteiger partial charge in [-0.25, -0.2) is 8.42 Å². The largest absolute Gasteiger partial charge is 0.352 e. The van der Waals surface area contributed by atoms with E-state index in [1.807, 2.05) is 77.9 Å². The van der Waals surface area contributed by atoms with Crippen molar-refractivity contribution in [3.63, 3.8) is 0 Å². The summed E-state index contributed by atoms with van der Waals surface area (Å²) in [6.07, 6.45) is 2.27. The van der Waals surface area contributed by atoms with Gasteiger partial charge in [-0.3, -0.25) is 13.9 Å². The van der Waals surface area contributed by atoms with E-state index in [4.69, 9.17) is 0 Å². The molecule has 0 heterocycles. The average Bonchev–Trinajstić information content (AvgIpc) is 2.78. The SMILES string of the molecule is CC[C@@H](C)NC(=O)[C@H](CC)N(Cc1cccc(C)c1)C(=O)CN(c1cc(C)ccc1C)S(C)(=O)=O. The Labute approximate surface area is 210 Å².